The molecular formula is C58H34. The minimum atomic E-state index is 1.20. The third-order valence-electron chi connectivity index (χ3n) is 12.9. The maximum absolute atomic E-state index is 2.45. The van der Waals surface area contributed by atoms with Gasteiger partial charge in [-0.25, -0.2) is 0 Å². The molecule has 0 N–H and O–H groups in total. The van der Waals surface area contributed by atoms with Gasteiger partial charge in [-0.2, -0.15) is 0 Å². The van der Waals surface area contributed by atoms with Gasteiger partial charge in [-0.15, -0.1) is 0 Å². The molecule has 0 aliphatic carbocycles. The molecule has 0 atom stereocenters. The fraction of sp³-hybridized carbons (Fsp3) is 0. The van der Waals surface area contributed by atoms with Crippen LogP contribution in [0.15, 0.2) is 206 Å². The van der Waals surface area contributed by atoms with Crippen molar-refractivity contribution in [3.05, 3.63) is 206 Å². The Morgan fingerprint density at radius 1 is 0.172 bits per heavy atom. The largest absolute Gasteiger partial charge is 0.0616 e. The van der Waals surface area contributed by atoms with Crippen LogP contribution in [0.3, 0.4) is 0 Å². The summed E-state index contributed by atoms with van der Waals surface area (Å²) in [6.45, 7) is 0. The van der Waals surface area contributed by atoms with Crippen molar-refractivity contribution in [2.24, 2.45) is 0 Å². The summed E-state index contributed by atoms with van der Waals surface area (Å²) in [6, 6.07) is 77.4. The summed E-state index contributed by atoms with van der Waals surface area (Å²) in [7, 11) is 0. The van der Waals surface area contributed by atoms with Gasteiger partial charge in [-0.05, 0) is 149 Å². The molecule has 0 nitrogen and oxygen atoms in total. The highest BCUT2D eigenvalue weighted by atomic mass is 14.2. The Labute approximate surface area is 335 Å². The van der Waals surface area contributed by atoms with Gasteiger partial charge in [0.2, 0.25) is 0 Å². The molecule has 58 heavy (non-hydrogen) atoms. The maximum atomic E-state index is 2.45. The van der Waals surface area contributed by atoms with Crippen molar-refractivity contribution in [2.75, 3.05) is 0 Å². The Kier molecular flexibility index (Phi) is 6.54. The van der Waals surface area contributed by atoms with Gasteiger partial charge in [-0.1, -0.05) is 188 Å². The highest BCUT2D eigenvalue weighted by Crippen LogP contribution is 2.46. The number of benzene rings is 13. The molecule has 0 heteroatoms. The van der Waals surface area contributed by atoms with E-state index in [9.17, 15) is 0 Å². The van der Waals surface area contributed by atoms with Gasteiger partial charge >= 0.3 is 0 Å². The third-order valence-corrected chi connectivity index (χ3v) is 12.9. The zero-order valence-electron chi connectivity index (χ0n) is 31.6. The SMILES string of the molecule is c1ccc2c(-c3cc(-c4cc(-c5ccc6ccc7cccc8ccc5c6c78)c5ccccc5c4)ccc3-c3ccc4ccc5cccc6ccc3c4c56)cccc2c1. The molecule has 0 heterocycles. The Morgan fingerprint density at radius 2 is 0.586 bits per heavy atom. The fourth-order valence-electron chi connectivity index (χ4n) is 10.3. The second-order valence-corrected chi connectivity index (χ2v) is 16.0. The number of rotatable bonds is 4. The molecule has 13 aromatic rings. The van der Waals surface area contributed by atoms with Crippen molar-refractivity contribution in [3.8, 4) is 44.5 Å². The van der Waals surface area contributed by atoms with Crippen LogP contribution in [0.5, 0.6) is 0 Å². The van der Waals surface area contributed by atoms with Gasteiger partial charge < -0.3 is 0 Å². The summed E-state index contributed by atoms with van der Waals surface area (Å²) >= 11 is 0. The van der Waals surface area contributed by atoms with Crippen molar-refractivity contribution < 1.29 is 0 Å². The van der Waals surface area contributed by atoms with E-state index in [1.165, 1.54) is 131 Å². The zero-order chi connectivity index (χ0) is 37.9. The van der Waals surface area contributed by atoms with Gasteiger partial charge in [0.25, 0.3) is 0 Å². The average Bonchev–Trinajstić information content (AvgIpc) is 3.29. The van der Waals surface area contributed by atoms with E-state index in [4.69, 9.17) is 0 Å². The topological polar surface area (TPSA) is 0 Å². The molecule has 0 radical (unpaired) electrons. The van der Waals surface area contributed by atoms with E-state index in [-0.39, 0.29) is 0 Å². The first-order valence-corrected chi connectivity index (χ1v) is 20.2. The average molecular weight is 731 g/mol. The molecule has 0 fully saturated rings. The molecular weight excluding hydrogens is 697 g/mol. The number of fused-ring (bicyclic) bond motifs is 2. The normalized spacial score (nSPS) is 12.1. The quantitative estimate of drug-likeness (QED) is 0.158. The molecule has 13 aromatic carbocycles. The van der Waals surface area contributed by atoms with Gasteiger partial charge in [0.1, 0.15) is 0 Å². The standard InChI is InChI=1S/C58H34/c1-3-15-45-35(8-1)10-7-17-47(45)54-33-42(26-29-49(54)48-27-22-40-20-18-36-11-5-13-38-24-30-51(48)57(40)55(36)38)44-32-43-9-2-4-16-46(43)53(34-44)50-28-23-41-21-19-37-12-6-14-39-25-31-52(50)58(41)56(37)39/h1-34H. The minimum absolute atomic E-state index is 1.20. The monoisotopic (exact) mass is 730 g/mol. The van der Waals surface area contributed by atoms with Gasteiger partial charge in [0.15, 0.2) is 0 Å². The molecule has 0 saturated heterocycles. The predicted molar refractivity (Wildman–Crippen MR) is 251 cm³/mol. The zero-order valence-corrected chi connectivity index (χ0v) is 31.6. The van der Waals surface area contributed by atoms with Crippen molar-refractivity contribution in [3.63, 3.8) is 0 Å². The van der Waals surface area contributed by atoms with Crippen molar-refractivity contribution in [1.29, 1.82) is 0 Å². The van der Waals surface area contributed by atoms with Crippen LogP contribution >= 0.6 is 0 Å². The summed E-state index contributed by atoms with van der Waals surface area (Å²) in [4.78, 5) is 0. The molecule has 266 valence electrons. The fourth-order valence-corrected chi connectivity index (χ4v) is 10.3. The van der Waals surface area contributed by atoms with E-state index in [1.54, 1.807) is 0 Å². The van der Waals surface area contributed by atoms with Crippen LogP contribution in [0.4, 0.5) is 0 Å². The predicted octanol–water partition coefficient (Wildman–Crippen LogP) is 16.5. The number of hydrogen-bond acceptors (Lipinski definition) is 0. The van der Waals surface area contributed by atoms with Crippen LogP contribution in [0, 0.1) is 0 Å². The van der Waals surface area contributed by atoms with Crippen molar-refractivity contribution in [1.82, 2.24) is 0 Å². The first-order chi connectivity index (χ1) is 28.7. The van der Waals surface area contributed by atoms with E-state index in [1.807, 2.05) is 0 Å². The van der Waals surface area contributed by atoms with Crippen molar-refractivity contribution >= 4 is 86.2 Å². The summed E-state index contributed by atoms with van der Waals surface area (Å²) in [5.41, 5.74) is 9.92. The molecule has 0 unspecified atom stereocenters. The molecule has 0 spiro atoms. The highest BCUT2D eigenvalue weighted by Gasteiger charge is 2.19. The van der Waals surface area contributed by atoms with Crippen LogP contribution in [-0.4, -0.2) is 0 Å². The second kappa shape index (κ2) is 12.0. The maximum Gasteiger partial charge on any atom is -0.00206 e. The summed E-state index contributed by atoms with van der Waals surface area (Å²) in [5.74, 6) is 0. The second-order valence-electron chi connectivity index (χ2n) is 16.0. The molecule has 0 aliphatic heterocycles. The first-order valence-electron chi connectivity index (χ1n) is 20.2. The minimum Gasteiger partial charge on any atom is -0.0616 e. The van der Waals surface area contributed by atoms with E-state index in [0.717, 1.165) is 0 Å². The lowest BCUT2D eigenvalue weighted by Gasteiger charge is -2.19. The van der Waals surface area contributed by atoms with Gasteiger partial charge in [0, 0.05) is 0 Å². The molecule has 0 bridgehead atoms. The molecule has 0 aliphatic rings. The van der Waals surface area contributed by atoms with Gasteiger partial charge in [-0.3, -0.25) is 0 Å². The van der Waals surface area contributed by atoms with Crippen LogP contribution in [0.2, 0.25) is 0 Å². The highest BCUT2D eigenvalue weighted by molar-refractivity contribution is 6.27. The first kappa shape index (κ1) is 31.6. The molecule has 0 aromatic heterocycles. The molecule has 0 saturated carbocycles. The Morgan fingerprint density at radius 3 is 1.22 bits per heavy atom. The number of hydrogen-bond donors (Lipinski definition) is 0. The third kappa shape index (κ3) is 4.52. The summed E-state index contributed by atoms with van der Waals surface area (Å²) in [6.07, 6.45) is 0. The molecule has 13 rings (SSSR count). The lowest BCUT2D eigenvalue weighted by Crippen LogP contribution is -1.92. The van der Waals surface area contributed by atoms with E-state index >= 15 is 0 Å². The van der Waals surface area contributed by atoms with Crippen LogP contribution in [0.25, 0.3) is 131 Å². The van der Waals surface area contributed by atoms with E-state index in [0.29, 0.717) is 0 Å². The van der Waals surface area contributed by atoms with Crippen molar-refractivity contribution in [2.45, 2.75) is 0 Å². The Hall–Kier alpha value is -7.54. The van der Waals surface area contributed by atoms with Crippen LogP contribution in [-0.2, 0) is 0 Å². The van der Waals surface area contributed by atoms with Gasteiger partial charge in [0.05, 0.1) is 0 Å². The van der Waals surface area contributed by atoms with E-state index < -0.39 is 0 Å². The summed E-state index contributed by atoms with van der Waals surface area (Å²) < 4.78 is 0. The van der Waals surface area contributed by atoms with E-state index in [2.05, 4.69) is 206 Å². The molecule has 0 amide bonds. The smallest absolute Gasteiger partial charge is 0.00206 e. The Bertz CT molecular complexity index is 3750. The lowest BCUT2D eigenvalue weighted by molar-refractivity contribution is 1.60. The summed E-state index contributed by atoms with van der Waals surface area (Å²) in [5, 5.41) is 20.7. The Balaban J connectivity index is 1.08. The van der Waals surface area contributed by atoms with Crippen LogP contribution in [0.1, 0.15) is 0 Å². The lowest BCUT2D eigenvalue weighted by atomic mass is 9.84. The van der Waals surface area contributed by atoms with Crippen LogP contribution < -0.4 is 0 Å².